The van der Waals surface area contributed by atoms with Crippen LogP contribution in [0.15, 0.2) is 0 Å². The Morgan fingerprint density at radius 2 is 1.75 bits per heavy atom. The number of nitrogens with zero attached hydrogens (tertiary/aromatic N) is 3. The van der Waals surface area contributed by atoms with Crippen LogP contribution in [0.25, 0.3) is 0 Å². The first-order chi connectivity index (χ1) is 9.54. The highest BCUT2D eigenvalue weighted by molar-refractivity contribution is 5.76. The van der Waals surface area contributed by atoms with E-state index in [0.717, 1.165) is 19.5 Å². The predicted octanol–water partition coefficient (Wildman–Crippen LogP) is 0.681. The third-order valence-corrected chi connectivity index (χ3v) is 5.11. The molecule has 3 rings (SSSR count). The van der Waals surface area contributed by atoms with Crippen molar-refractivity contribution in [3.63, 3.8) is 0 Å². The zero-order chi connectivity index (χ0) is 14.3. The number of likely N-dealkylation sites (tertiary alicyclic amines) is 2. The molecule has 3 aliphatic rings. The van der Waals surface area contributed by atoms with E-state index in [9.17, 15) is 9.59 Å². The number of urea groups is 1. The summed E-state index contributed by atoms with van der Waals surface area (Å²) in [5.41, 5.74) is 0. The Kier molecular flexibility index (Phi) is 3.58. The Morgan fingerprint density at radius 3 is 2.45 bits per heavy atom. The average molecular weight is 281 g/mol. The second-order valence-corrected chi connectivity index (χ2v) is 6.44. The van der Waals surface area contributed by atoms with Crippen molar-refractivity contribution in [3.8, 4) is 0 Å². The van der Waals surface area contributed by atoms with Gasteiger partial charge in [-0.1, -0.05) is 0 Å². The summed E-state index contributed by atoms with van der Waals surface area (Å²) in [5, 5.41) is 8.74. The van der Waals surface area contributed by atoms with Gasteiger partial charge in [0, 0.05) is 44.2 Å². The van der Waals surface area contributed by atoms with E-state index in [0.29, 0.717) is 25.2 Å². The second-order valence-electron chi connectivity index (χ2n) is 6.44. The van der Waals surface area contributed by atoms with Crippen molar-refractivity contribution in [2.24, 2.45) is 5.92 Å². The molecule has 6 heteroatoms. The fourth-order valence-electron chi connectivity index (χ4n) is 3.78. The molecule has 3 fully saturated rings. The lowest BCUT2D eigenvalue weighted by Crippen LogP contribution is -2.56. The quantitative estimate of drug-likeness (QED) is 0.808. The van der Waals surface area contributed by atoms with Crippen LogP contribution < -0.4 is 0 Å². The van der Waals surface area contributed by atoms with E-state index in [2.05, 4.69) is 11.9 Å². The topological polar surface area (TPSA) is 64.1 Å². The Hall–Kier alpha value is -1.30. The molecular formula is C14H23N3O3. The summed E-state index contributed by atoms with van der Waals surface area (Å²) >= 11 is 0. The van der Waals surface area contributed by atoms with Gasteiger partial charge in [-0.2, -0.15) is 0 Å². The smallest absolute Gasteiger partial charge is 0.320 e. The summed E-state index contributed by atoms with van der Waals surface area (Å²) in [6.07, 6.45) is 3.68. The third kappa shape index (κ3) is 2.49. The van der Waals surface area contributed by atoms with Gasteiger partial charge in [-0.15, -0.1) is 0 Å². The van der Waals surface area contributed by atoms with Crippen molar-refractivity contribution in [2.75, 3.05) is 33.2 Å². The predicted molar refractivity (Wildman–Crippen MR) is 73.5 cm³/mol. The van der Waals surface area contributed by atoms with Crippen molar-refractivity contribution >= 4 is 12.0 Å². The summed E-state index contributed by atoms with van der Waals surface area (Å²) in [7, 11) is 2.17. The van der Waals surface area contributed by atoms with Crippen molar-refractivity contribution in [3.05, 3.63) is 0 Å². The minimum atomic E-state index is -0.768. The fraction of sp³-hybridized carbons (Fsp3) is 0.857. The molecule has 0 saturated carbocycles. The van der Waals surface area contributed by atoms with E-state index < -0.39 is 5.97 Å². The third-order valence-electron chi connectivity index (χ3n) is 5.11. The van der Waals surface area contributed by atoms with Gasteiger partial charge in [-0.05, 0) is 26.3 Å². The summed E-state index contributed by atoms with van der Waals surface area (Å²) in [5.74, 6) is -0.627. The molecule has 0 radical (unpaired) electrons. The minimum absolute atomic E-state index is 0.104. The van der Waals surface area contributed by atoms with E-state index in [1.165, 1.54) is 12.8 Å². The van der Waals surface area contributed by atoms with Crippen LogP contribution in [0.2, 0.25) is 0 Å². The minimum Gasteiger partial charge on any atom is -0.481 e. The van der Waals surface area contributed by atoms with Crippen molar-refractivity contribution in [1.82, 2.24) is 14.7 Å². The number of carboxylic acids is 1. The van der Waals surface area contributed by atoms with E-state index in [4.69, 9.17) is 5.11 Å². The molecule has 2 amide bonds. The Bertz CT molecular complexity index is 408. The number of carboxylic acid groups (broad SMARTS) is 1. The van der Waals surface area contributed by atoms with Gasteiger partial charge in [0.25, 0.3) is 0 Å². The van der Waals surface area contributed by atoms with Crippen LogP contribution in [0.1, 0.15) is 25.7 Å². The van der Waals surface area contributed by atoms with Crippen LogP contribution in [0.3, 0.4) is 0 Å². The van der Waals surface area contributed by atoms with E-state index >= 15 is 0 Å². The van der Waals surface area contributed by atoms with E-state index in [-0.39, 0.29) is 18.4 Å². The molecule has 112 valence electrons. The largest absolute Gasteiger partial charge is 0.481 e. The second kappa shape index (κ2) is 5.24. The number of hydrogen-bond donors (Lipinski definition) is 1. The maximum Gasteiger partial charge on any atom is 0.320 e. The molecule has 0 spiro atoms. The first kappa shape index (κ1) is 13.7. The Morgan fingerprint density at radius 1 is 1.05 bits per heavy atom. The molecule has 2 unspecified atom stereocenters. The lowest BCUT2D eigenvalue weighted by atomic mass is 9.97. The van der Waals surface area contributed by atoms with Crippen LogP contribution in [0.4, 0.5) is 4.79 Å². The summed E-state index contributed by atoms with van der Waals surface area (Å²) in [6, 6.07) is 1.24. The highest BCUT2D eigenvalue weighted by Gasteiger charge is 2.39. The Balaban J connectivity index is 1.53. The molecule has 2 atom stereocenters. The highest BCUT2D eigenvalue weighted by Crippen LogP contribution is 2.29. The van der Waals surface area contributed by atoms with Gasteiger partial charge in [-0.3, -0.25) is 9.69 Å². The van der Waals surface area contributed by atoms with Crippen LogP contribution in [0, 0.1) is 5.92 Å². The molecule has 0 aromatic heterocycles. The highest BCUT2D eigenvalue weighted by atomic mass is 16.4. The number of hydrogen-bond acceptors (Lipinski definition) is 3. The molecule has 0 aromatic rings. The van der Waals surface area contributed by atoms with Crippen LogP contribution in [-0.4, -0.2) is 77.1 Å². The van der Waals surface area contributed by atoms with E-state index in [1.54, 1.807) is 4.90 Å². The Labute approximate surface area is 119 Å². The molecule has 20 heavy (non-hydrogen) atoms. The molecule has 3 saturated heterocycles. The van der Waals surface area contributed by atoms with Gasteiger partial charge in [0.1, 0.15) is 0 Å². The normalized spacial score (nSPS) is 31.1. The SMILES string of the molecule is CN1C2CCC1CN(C(=O)N1CC(CC(=O)O)C1)CC2. The van der Waals surface area contributed by atoms with Crippen molar-refractivity contribution < 1.29 is 14.7 Å². The maximum atomic E-state index is 12.4. The molecule has 1 N–H and O–H groups in total. The van der Waals surface area contributed by atoms with Gasteiger partial charge in [0.15, 0.2) is 0 Å². The standard InChI is InChI=1S/C14H23N3O3/c1-15-11-2-3-12(15)9-16(5-4-11)14(20)17-7-10(8-17)6-13(18)19/h10-12H,2-9H2,1H3,(H,18,19). The lowest BCUT2D eigenvalue weighted by molar-refractivity contribution is -0.139. The summed E-state index contributed by atoms with van der Waals surface area (Å²) < 4.78 is 0. The van der Waals surface area contributed by atoms with Gasteiger partial charge >= 0.3 is 12.0 Å². The first-order valence-electron chi connectivity index (χ1n) is 7.52. The zero-order valence-corrected chi connectivity index (χ0v) is 12.0. The van der Waals surface area contributed by atoms with Gasteiger partial charge < -0.3 is 14.9 Å². The average Bonchev–Trinajstić information content (AvgIpc) is 2.56. The zero-order valence-electron chi connectivity index (χ0n) is 12.0. The number of rotatable bonds is 2. The monoisotopic (exact) mass is 281 g/mol. The summed E-state index contributed by atoms with van der Waals surface area (Å²) in [4.78, 5) is 29.3. The number of aliphatic carboxylic acids is 1. The van der Waals surface area contributed by atoms with Crippen LogP contribution >= 0.6 is 0 Å². The van der Waals surface area contributed by atoms with Crippen LogP contribution in [0.5, 0.6) is 0 Å². The lowest BCUT2D eigenvalue weighted by Gasteiger charge is -2.41. The van der Waals surface area contributed by atoms with Crippen LogP contribution in [-0.2, 0) is 4.79 Å². The number of carbonyl (C=O) groups excluding carboxylic acids is 1. The first-order valence-corrected chi connectivity index (χ1v) is 7.52. The number of carbonyl (C=O) groups is 2. The summed E-state index contributed by atoms with van der Waals surface area (Å²) in [6.45, 7) is 2.87. The molecule has 3 heterocycles. The molecule has 2 bridgehead atoms. The van der Waals surface area contributed by atoms with Gasteiger partial charge in [0.2, 0.25) is 0 Å². The number of likely N-dealkylation sites (N-methyl/N-ethyl adjacent to an activating group) is 1. The van der Waals surface area contributed by atoms with Gasteiger partial charge in [0.05, 0.1) is 6.42 Å². The fourth-order valence-corrected chi connectivity index (χ4v) is 3.78. The van der Waals surface area contributed by atoms with Crippen molar-refractivity contribution in [1.29, 1.82) is 0 Å². The maximum absolute atomic E-state index is 12.4. The number of fused-ring (bicyclic) bond motifs is 2. The van der Waals surface area contributed by atoms with E-state index in [1.807, 2.05) is 4.90 Å². The molecular weight excluding hydrogens is 258 g/mol. The molecule has 3 aliphatic heterocycles. The number of amides is 2. The van der Waals surface area contributed by atoms with Crippen molar-refractivity contribution in [2.45, 2.75) is 37.8 Å². The van der Waals surface area contributed by atoms with Gasteiger partial charge in [-0.25, -0.2) is 4.79 Å². The molecule has 6 nitrogen and oxygen atoms in total. The molecule has 0 aromatic carbocycles. The molecule has 0 aliphatic carbocycles.